The van der Waals surface area contributed by atoms with Gasteiger partial charge in [0.1, 0.15) is 0 Å². The van der Waals surface area contributed by atoms with E-state index in [0.717, 1.165) is 0 Å². The molecule has 4 heteroatoms. The Balaban J connectivity index is 2.64. The molecule has 0 spiro atoms. The number of para-hydroxylation sites is 2. The standard InChI is InChI=1S/C11H16N2O2/c1-11(2,3)13-10(14)15-9-7-5-4-6-8(9)12/h4-7H,12H2,1-3H3,(H,13,14). The Hall–Kier alpha value is -1.71. The number of hydrogen-bond donors (Lipinski definition) is 2. The molecule has 0 aliphatic heterocycles. The Kier molecular flexibility index (Phi) is 3.19. The number of ether oxygens (including phenoxy) is 1. The molecular weight excluding hydrogens is 192 g/mol. The van der Waals surface area contributed by atoms with Gasteiger partial charge in [0.15, 0.2) is 5.75 Å². The maximum atomic E-state index is 11.4. The highest BCUT2D eigenvalue weighted by Crippen LogP contribution is 2.19. The number of benzene rings is 1. The minimum Gasteiger partial charge on any atom is -0.408 e. The molecule has 0 bridgehead atoms. The highest BCUT2D eigenvalue weighted by atomic mass is 16.6. The monoisotopic (exact) mass is 208 g/mol. The van der Waals surface area contributed by atoms with E-state index >= 15 is 0 Å². The van der Waals surface area contributed by atoms with Crippen molar-refractivity contribution >= 4 is 11.8 Å². The molecule has 1 amide bonds. The molecule has 3 N–H and O–H groups in total. The molecule has 0 atom stereocenters. The molecule has 82 valence electrons. The van der Waals surface area contributed by atoms with Gasteiger partial charge < -0.3 is 15.8 Å². The van der Waals surface area contributed by atoms with Gasteiger partial charge in [-0.3, -0.25) is 0 Å². The summed E-state index contributed by atoms with van der Waals surface area (Å²) in [5, 5.41) is 2.68. The zero-order valence-corrected chi connectivity index (χ0v) is 9.20. The van der Waals surface area contributed by atoms with Gasteiger partial charge in [0.25, 0.3) is 0 Å². The van der Waals surface area contributed by atoms with Crippen molar-refractivity contribution in [2.75, 3.05) is 5.73 Å². The molecule has 0 aromatic heterocycles. The number of anilines is 1. The normalized spacial score (nSPS) is 10.9. The van der Waals surface area contributed by atoms with E-state index in [1.54, 1.807) is 24.3 Å². The zero-order chi connectivity index (χ0) is 11.5. The third-order valence-corrected chi connectivity index (χ3v) is 1.60. The first kappa shape index (κ1) is 11.4. The summed E-state index contributed by atoms with van der Waals surface area (Å²) in [5.74, 6) is 0.374. The molecule has 0 aliphatic rings. The highest BCUT2D eigenvalue weighted by Gasteiger charge is 2.15. The number of amides is 1. The first-order chi connectivity index (χ1) is 6.88. The average Bonchev–Trinajstić information content (AvgIpc) is 2.05. The lowest BCUT2D eigenvalue weighted by Gasteiger charge is -2.20. The minimum absolute atomic E-state index is 0.319. The van der Waals surface area contributed by atoms with E-state index in [1.807, 2.05) is 20.8 Å². The third kappa shape index (κ3) is 3.89. The van der Waals surface area contributed by atoms with Crippen LogP contribution in [-0.2, 0) is 0 Å². The summed E-state index contributed by atoms with van der Waals surface area (Å²) in [6.45, 7) is 5.63. The van der Waals surface area contributed by atoms with Crippen LogP contribution in [0, 0.1) is 0 Å². The van der Waals surface area contributed by atoms with Crippen LogP contribution in [0.4, 0.5) is 10.5 Å². The average molecular weight is 208 g/mol. The van der Waals surface area contributed by atoms with E-state index in [1.165, 1.54) is 0 Å². The van der Waals surface area contributed by atoms with E-state index < -0.39 is 6.09 Å². The van der Waals surface area contributed by atoms with Crippen LogP contribution in [0.5, 0.6) is 5.75 Å². The maximum absolute atomic E-state index is 11.4. The van der Waals surface area contributed by atoms with Crippen LogP contribution < -0.4 is 15.8 Å². The summed E-state index contributed by atoms with van der Waals surface area (Å²) >= 11 is 0. The quantitative estimate of drug-likeness (QED) is 0.695. The largest absolute Gasteiger partial charge is 0.413 e. The predicted molar refractivity (Wildman–Crippen MR) is 59.8 cm³/mol. The van der Waals surface area contributed by atoms with Gasteiger partial charge in [0, 0.05) is 5.54 Å². The van der Waals surface area contributed by atoms with Gasteiger partial charge in [-0.15, -0.1) is 0 Å². The van der Waals surface area contributed by atoms with Crippen LogP contribution >= 0.6 is 0 Å². The summed E-state index contributed by atoms with van der Waals surface area (Å²) < 4.78 is 5.05. The van der Waals surface area contributed by atoms with Crippen molar-refractivity contribution in [1.29, 1.82) is 0 Å². The van der Waals surface area contributed by atoms with Crippen LogP contribution in [0.1, 0.15) is 20.8 Å². The number of nitrogen functional groups attached to an aromatic ring is 1. The van der Waals surface area contributed by atoms with Crippen molar-refractivity contribution in [1.82, 2.24) is 5.32 Å². The molecular formula is C11H16N2O2. The second-order valence-corrected chi connectivity index (χ2v) is 4.30. The van der Waals surface area contributed by atoms with Gasteiger partial charge in [-0.25, -0.2) is 4.79 Å². The maximum Gasteiger partial charge on any atom is 0.413 e. The zero-order valence-electron chi connectivity index (χ0n) is 9.20. The number of nitrogens with two attached hydrogens (primary N) is 1. The fraction of sp³-hybridized carbons (Fsp3) is 0.364. The molecule has 0 heterocycles. The second-order valence-electron chi connectivity index (χ2n) is 4.30. The van der Waals surface area contributed by atoms with Crippen LogP contribution in [0.25, 0.3) is 0 Å². The summed E-state index contributed by atoms with van der Waals surface area (Å²) in [4.78, 5) is 11.4. The smallest absolute Gasteiger partial charge is 0.408 e. The molecule has 0 saturated carbocycles. The summed E-state index contributed by atoms with van der Waals surface area (Å²) in [5.41, 5.74) is 5.75. The Morgan fingerprint density at radius 2 is 1.93 bits per heavy atom. The fourth-order valence-electron chi connectivity index (χ4n) is 1.01. The van der Waals surface area contributed by atoms with Crippen molar-refractivity contribution < 1.29 is 9.53 Å². The molecule has 0 radical (unpaired) electrons. The lowest BCUT2D eigenvalue weighted by atomic mass is 10.1. The minimum atomic E-state index is -0.500. The summed E-state index contributed by atoms with van der Waals surface area (Å²) in [7, 11) is 0. The number of nitrogens with one attached hydrogen (secondary N) is 1. The second kappa shape index (κ2) is 4.21. The molecule has 0 unspecified atom stereocenters. The first-order valence-corrected chi connectivity index (χ1v) is 4.73. The number of carbonyl (C=O) groups is 1. The van der Waals surface area contributed by atoms with Crippen molar-refractivity contribution in [2.45, 2.75) is 26.3 Å². The third-order valence-electron chi connectivity index (χ3n) is 1.60. The Morgan fingerprint density at radius 3 is 2.47 bits per heavy atom. The van der Waals surface area contributed by atoms with Crippen LogP contribution in [0.15, 0.2) is 24.3 Å². The molecule has 4 nitrogen and oxygen atoms in total. The Labute approximate surface area is 89.4 Å². The molecule has 1 rings (SSSR count). The number of rotatable bonds is 1. The molecule has 15 heavy (non-hydrogen) atoms. The molecule has 0 saturated heterocycles. The highest BCUT2D eigenvalue weighted by molar-refractivity contribution is 5.73. The van der Waals surface area contributed by atoms with E-state index in [4.69, 9.17) is 10.5 Å². The molecule has 0 aliphatic carbocycles. The summed E-state index contributed by atoms with van der Waals surface area (Å²) in [6.07, 6.45) is -0.500. The Bertz CT molecular complexity index is 356. The van der Waals surface area contributed by atoms with E-state index in [0.29, 0.717) is 11.4 Å². The number of carbonyl (C=O) groups excluding carboxylic acids is 1. The van der Waals surface area contributed by atoms with Crippen LogP contribution in [-0.4, -0.2) is 11.6 Å². The van der Waals surface area contributed by atoms with Gasteiger partial charge in [0.05, 0.1) is 5.69 Å². The summed E-state index contributed by atoms with van der Waals surface area (Å²) in [6, 6.07) is 6.87. The van der Waals surface area contributed by atoms with Crippen molar-refractivity contribution in [2.24, 2.45) is 0 Å². The SMILES string of the molecule is CC(C)(C)NC(=O)Oc1ccccc1N. The van der Waals surface area contributed by atoms with Crippen molar-refractivity contribution in [3.05, 3.63) is 24.3 Å². The van der Waals surface area contributed by atoms with E-state index in [9.17, 15) is 4.79 Å². The number of hydrogen-bond acceptors (Lipinski definition) is 3. The van der Waals surface area contributed by atoms with E-state index in [2.05, 4.69) is 5.32 Å². The first-order valence-electron chi connectivity index (χ1n) is 4.73. The topological polar surface area (TPSA) is 64.3 Å². The van der Waals surface area contributed by atoms with Crippen molar-refractivity contribution in [3.8, 4) is 5.75 Å². The van der Waals surface area contributed by atoms with Gasteiger partial charge in [-0.1, -0.05) is 12.1 Å². The lowest BCUT2D eigenvalue weighted by molar-refractivity contribution is 0.191. The lowest BCUT2D eigenvalue weighted by Crippen LogP contribution is -2.42. The van der Waals surface area contributed by atoms with Crippen LogP contribution in [0.2, 0.25) is 0 Å². The molecule has 1 aromatic rings. The predicted octanol–water partition coefficient (Wildman–Crippen LogP) is 2.16. The Morgan fingerprint density at radius 1 is 1.33 bits per heavy atom. The fourth-order valence-corrected chi connectivity index (χ4v) is 1.01. The van der Waals surface area contributed by atoms with Crippen molar-refractivity contribution in [3.63, 3.8) is 0 Å². The van der Waals surface area contributed by atoms with E-state index in [-0.39, 0.29) is 5.54 Å². The van der Waals surface area contributed by atoms with Gasteiger partial charge in [-0.05, 0) is 32.9 Å². The van der Waals surface area contributed by atoms with Gasteiger partial charge in [-0.2, -0.15) is 0 Å². The molecule has 0 fully saturated rings. The molecule has 1 aromatic carbocycles. The van der Waals surface area contributed by atoms with Crippen LogP contribution in [0.3, 0.4) is 0 Å². The van der Waals surface area contributed by atoms with Gasteiger partial charge >= 0.3 is 6.09 Å². The van der Waals surface area contributed by atoms with Gasteiger partial charge in [0.2, 0.25) is 0 Å².